The normalized spacial score (nSPS) is 18.7. The molecule has 1 N–H and O–H groups in total. The SMILES string of the molecule is CCCCS(=O)(=O)N1CCC[C@@H](C(=O)Nc2ccc(OC(C)C)cc2)C1. The number of sulfonamides is 1. The van der Waals surface area contributed by atoms with Crippen molar-refractivity contribution in [2.24, 2.45) is 5.92 Å². The van der Waals surface area contributed by atoms with E-state index in [1.54, 1.807) is 12.1 Å². The molecule has 0 spiro atoms. The molecule has 1 amide bonds. The Morgan fingerprint density at radius 1 is 1.31 bits per heavy atom. The third kappa shape index (κ3) is 5.99. The zero-order valence-electron chi connectivity index (χ0n) is 15.9. The van der Waals surface area contributed by atoms with Crippen molar-refractivity contribution in [1.29, 1.82) is 0 Å². The molecular weight excluding hydrogens is 352 g/mol. The Morgan fingerprint density at radius 3 is 2.62 bits per heavy atom. The highest BCUT2D eigenvalue weighted by Crippen LogP contribution is 2.23. The van der Waals surface area contributed by atoms with Crippen LogP contribution >= 0.6 is 0 Å². The molecule has 1 aliphatic heterocycles. The number of nitrogens with zero attached hydrogens (tertiary/aromatic N) is 1. The summed E-state index contributed by atoms with van der Waals surface area (Å²) in [4.78, 5) is 12.6. The van der Waals surface area contributed by atoms with Crippen LogP contribution in [0.3, 0.4) is 0 Å². The van der Waals surface area contributed by atoms with E-state index >= 15 is 0 Å². The van der Waals surface area contributed by atoms with Crippen LogP contribution in [0.15, 0.2) is 24.3 Å². The van der Waals surface area contributed by atoms with E-state index in [1.807, 2.05) is 32.9 Å². The summed E-state index contributed by atoms with van der Waals surface area (Å²) in [6, 6.07) is 7.23. The van der Waals surface area contributed by atoms with Crippen LogP contribution in [0, 0.1) is 5.92 Å². The summed E-state index contributed by atoms with van der Waals surface area (Å²) in [7, 11) is -3.27. The van der Waals surface area contributed by atoms with E-state index < -0.39 is 10.0 Å². The van der Waals surface area contributed by atoms with Crippen molar-refractivity contribution in [3.05, 3.63) is 24.3 Å². The summed E-state index contributed by atoms with van der Waals surface area (Å²) in [6.07, 6.45) is 3.01. The highest BCUT2D eigenvalue weighted by molar-refractivity contribution is 7.89. The van der Waals surface area contributed by atoms with Gasteiger partial charge in [-0.1, -0.05) is 13.3 Å². The van der Waals surface area contributed by atoms with E-state index in [4.69, 9.17) is 4.74 Å². The summed E-state index contributed by atoms with van der Waals surface area (Å²) < 4.78 is 31.8. The van der Waals surface area contributed by atoms with Crippen molar-refractivity contribution in [3.63, 3.8) is 0 Å². The Kier molecular flexibility index (Phi) is 7.46. The molecular formula is C19H30N2O4S. The molecule has 0 unspecified atom stereocenters. The van der Waals surface area contributed by atoms with Gasteiger partial charge in [-0.2, -0.15) is 0 Å². The third-order valence-electron chi connectivity index (χ3n) is 4.40. The number of amides is 1. The van der Waals surface area contributed by atoms with Crippen molar-refractivity contribution in [2.75, 3.05) is 24.2 Å². The molecule has 146 valence electrons. The molecule has 0 saturated carbocycles. The zero-order chi connectivity index (χ0) is 19.2. The smallest absolute Gasteiger partial charge is 0.228 e. The average molecular weight is 383 g/mol. The number of hydrogen-bond donors (Lipinski definition) is 1. The lowest BCUT2D eigenvalue weighted by atomic mass is 9.99. The van der Waals surface area contributed by atoms with Crippen molar-refractivity contribution in [3.8, 4) is 5.75 Å². The summed E-state index contributed by atoms with van der Waals surface area (Å²) in [5.74, 6) is 0.475. The lowest BCUT2D eigenvalue weighted by molar-refractivity contribution is -0.120. The molecule has 26 heavy (non-hydrogen) atoms. The van der Waals surface area contributed by atoms with Crippen LogP contribution in [-0.4, -0.2) is 43.6 Å². The highest BCUT2D eigenvalue weighted by Gasteiger charge is 2.31. The van der Waals surface area contributed by atoms with E-state index in [0.29, 0.717) is 31.5 Å². The van der Waals surface area contributed by atoms with E-state index in [2.05, 4.69) is 5.32 Å². The number of anilines is 1. The molecule has 0 aromatic heterocycles. The highest BCUT2D eigenvalue weighted by atomic mass is 32.2. The van der Waals surface area contributed by atoms with Gasteiger partial charge < -0.3 is 10.1 Å². The number of piperidine rings is 1. The Bertz CT molecular complexity index is 686. The standard InChI is InChI=1S/C19H30N2O4S/c1-4-5-13-26(23,24)21-12-6-7-16(14-21)19(22)20-17-8-10-18(11-9-17)25-15(2)3/h8-11,15-16H,4-7,12-14H2,1-3H3,(H,20,22)/t16-/m1/s1. The van der Waals surface area contributed by atoms with E-state index in [0.717, 1.165) is 12.2 Å². The first kappa shape index (κ1) is 20.7. The first-order chi connectivity index (χ1) is 12.3. The van der Waals surface area contributed by atoms with Crippen LogP contribution in [0.4, 0.5) is 5.69 Å². The van der Waals surface area contributed by atoms with Crippen LogP contribution < -0.4 is 10.1 Å². The summed E-state index contributed by atoms with van der Waals surface area (Å²) in [6.45, 7) is 6.67. The van der Waals surface area contributed by atoms with Gasteiger partial charge in [0.15, 0.2) is 0 Å². The van der Waals surface area contributed by atoms with Crippen molar-refractivity contribution in [2.45, 2.75) is 52.6 Å². The van der Waals surface area contributed by atoms with Crippen molar-refractivity contribution >= 4 is 21.6 Å². The first-order valence-electron chi connectivity index (χ1n) is 9.37. The maximum Gasteiger partial charge on any atom is 0.228 e. The quantitative estimate of drug-likeness (QED) is 0.749. The molecule has 0 radical (unpaired) electrons. The second-order valence-electron chi connectivity index (χ2n) is 7.05. The number of ether oxygens (including phenoxy) is 1. The number of carbonyl (C=O) groups is 1. The first-order valence-corrected chi connectivity index (χ1v) is 11.0. The minimum atomic E-state index is -3.27. The van der Waals surface area contributed by atoms with Crippen LogP contribution in [0.2, 0.25) is 0 Å². The zero-order valence-corrected chi connectivity index (χ0v) is 16.7. The minimum Gasteiger partial charge on any atom is -0.491 e. The predicted octanol–water partition coefficient (Wildman–Crippen LogP) is 3.25. The monoisotopic (exact) mass is 382 g/mol. The Hall–Kier alpha value is -1.60. The van der Waals surface area contributed by atoms with Crippen LogP contribution in [-0.2, 0) is 14.8 Å². The van der Waals surface area contributed by atoms with Gasteiger partial charge in [0.25, 0.3) is 0 Å². The van der Waals surface area contributed by atoms with Gasteiger partial charge in [0.05, 0.1) is 17.8 Å². The van der Waals surface area contributed by atoms with E-state index in [-0.39, 0.29) is 30.2 Å². The Labute approximate surface area is 157 Å². The van der Waals surface area contributed by atoms with Crippen molar-refractivity contribution < 1.29 is 17.9 Å². The maximum atomic E-state index is 12.6. The number of carbonyl (C=O) groups excluding carboxylic acids is 1. The average Bonchev–Trinajstić information content (AvgIpc) is 2.61. The van der Waals surface area contributed by atoms with Gasteiger partial charge >= 0.3 is 0 Å². The Morgan fingerprint density at radius 2 is 2.00 bits per heavy atom. The molecule has 7 heteroatoms. The lowest BCUT2D eigenvalue weighted by Gasteiger charge is -2.31. The molecule has 0 bridgehead atoms. The van der Waals surface area contributed by atoms with Gasteiger partial charge in [0, 0.05) is 18.8 Å². The second-order valence-corrected chi connectivity index (χ2v) is 9.14. The lowest BCUT2D eigenvalue weighted by Crippen LogP contribution is -2.44. The van der Waals surface area contributed by atoms with Gasteiger partial charge in [-0.05, 0) is 57.4 Å². The van der Waals surface area contributed by atoms with Crippen LogP contribution in [0.5, 0.6) is 5.75 Å². The molecule has 6 nitrogen and oxygen atoms in total. The minimum absolute atomic E-state index is 0.0957. The fourth-order valence-electron chi connectivity index (χ4n) is 3.00. The Balaban J connectivity index is 1.94. The molecule has 1 heterocycles. The van der Waals surface area contributed by atoms with E-state index in [1.165, 1.54) is 4.31 Å². The van der Waals surface area contributed by atoms with Crippen LogP contribution in [0.1, 0.15) is 46.5 Å². The molecule has 1 aromatic rings. The molecule has 1 aliphatic rings. The van der Waals surface area contributed by atoms with Gasteiger partial charge in [-0.25, -0.2) is 12.7 Å². The fourth-order valence-corrected chi connectivity index (χ4v) is 4.72. The van der Waals surface area contributed by atoms with Gasteiger partial charge in [-0.3, -0.25) is 4.79 Å². The van der Waals surface area contributed by atoms with Gasteiger partial charge in [0.1, 0.15) is 5.75 Å². The van der Waals surface area contributed by atoms with Gasteiger partial charge in [0.2, 0.25) is 15.9 Å². The van der Waals surface area contributed by atoms with E-state index in [9.17, 15) is 13.2 Å². The molecule has 1 fully saturated rings. The molecule has 1 atom stereocenters. The van der Waals surface area contributed by atoms with Crippen LogP contribution in [0.25, 0.3) is 0 Å². The number of nitrogens with one attached hydrogen (secondary N) is 1. The topological polar surface area (TPSA) is 75.7 Å². The largest absolute Gasteiger partial charge is 0.491 e. The molecule has 1 aromatic carbocycles. The summed E-state index contributed by atoms with van der Waals surface area (Å²) >= 11 is 0. The molecule has 0 aliphatic carbocycles. The maximum absolute atomic E-state index is 12.6. The van der Waals surface area contributed by atoms with Crippen molar-refractivity contribution in [1.82, 2.24) is 4.31 Å². The predicted molar refractivity (Wildman–Crippen MR) is 104 cm³/mol. The third-order valence-corrected chi connectivity index (χ3v) is 6.32. The fraction of sp³-hybridized carbons (Fsp3) is 0.632. The molecule has 2 rings (SSSR count). The number of unbranched alkanes of at least 4 members (excludes halogenated alkanes) is 1. The summed E-state index contributed by atoms with van der Waals surface area (Å²) in [5, 5.41) is 2.89. The van der Waals surface area contributed by atoms with Gasteiger partial charge in [-0.15, -0.1) is 0 Å². The molecule has 1 saturated heterocycles. The number of hydrogen-bond acceptors (Lipinski definition) is 4. The number of benzene rings is 1. The number of rotatable bonds is 8. The summed E-state index contributed by atoms with van der Waals surface area (Å²) in [5.41, 5.74) is 0.692. The second kappa shape index (κ2) is 9.37.